The maximum absolute atomic E-state index is 12.3. The number of piperidine rings is 1. The predicted molar refractivity (Wildman–Crippen MR) is 67.1 cm³/mol. The summed E-state index contributed by atoms with van der Waals surface area (Å²) in [6, 6.07) is 6.45. The largest absolute Gasteiger partial charge is 0.338 e. The molecule has 0 aromatic heterocycles. The number of likely N-dealkylation sites (tertiary alicyclic amines) is 1. The van der Waals surface area contributed by atoms with Gasteiger partial charge in [0.25, 0.3) is 5.91 Å². The number of rotatable bonds is 2. The minimum atomic E-state index is -3.36. The Morgan fingerprint density at radius 2 is 1.83 bits per heavy atom. The van der Waals surface area contributed by atoms with E-state index >= 15 is 0 Å². The molecule has 2 fully saturated rings. The van der Waals surface area contributed by atoms with Gasteiger partial charge in [0.1, 0.15) is 0 Å². The van der Waals surface area contributed by atoms with Gasteiger partial charge in [0, 0.05) is 19.3 Å². The summed E-state index contributed by atoms with van der Waals surface area (Å²) in [5, 5.41) is 0. The van der Waals surface area contributed by atoms with Gasteiger partial charge >= 0.3 is 0 Å². The van der Waals surface area contributed by atoms with Crippen molar-refractivity contribution in [3.63, 3.8) is 0 Å². The molecule has 2 atom stereocenters. The summed E-state index contributed by atoms with van der Waals surface area (Å²) in [6.07, 6.45) is 2.36. The molecule has 0 spiro atoms. The van der Waals surface area contributed by atoms with Crippen molar-refractivity contribution in [1.82, 2.24) is 4.90 Å². The minimum Gasteiger partial charge on any atom is -0.338 e. The van der Waals surface area contributed by atoms with Gasteiger partial charge < -0.3 is 4.90 Å². The normalized spacial score (nSPS) is 25.9. The standard InChI is InChI=1S/C13H15NO3S/c1-18(16,17)12-5-3-2-4-11(12)13(15)14-7-9-6-10(9)8-14/h2-5,9-10H,6-8H2,1H3. The van der Waals surface area contributed by atoms with Crippen LogP contribution in [-0.2, 0) is 9.84 Å². The lowest BCUT2D eigenvalue weighted by Crippen LogP contribution is -2.31. The third-order valence-corrected chi connectivity index (χ3v) is 4.94. The zero-order valence-electron chi connectivity index (χ0n) is 10.2. The van der Waals surface area contributed by atoms with Gasteiger partial charge in [0.2, 0.25) is 0 Å². The molecular formula is C13H15NO3S. The van der Waals surface area contributed by atoms with Gasteiger partial charge in [0.05, 0.1) is 10.5 Å². The second-order valence-electron chi connectivity index (χ2n) is 5.23. The zero-order chi connectivity index (χ0) is 12.9. The highest BCUT2D eigenvalue weighted by atomic mass is 32.2. The lowest BCUT2D eigenvalue weighted by molar-refractivity contribution is 0.0771. The van der Waals surface area contributed by atoms with Gasteiger partial charge in [0.15, 0.2) is 9.84 Å². The average molecular weight is 265 g/mol. The van der Waals surface area contributed by atoms with Crippen LogP contribution in [0.2, 0.25) is 0 Å². The van der Waals surface area contributed by atoms with Crippen LogP contribution in [0.3, 0.4) is 0 Å². The molecule has 1 aliphatic carbocycles. The molecule has 0 N–H and O–H groups in total. The van der Waals surface area contributed by atoms with Crippen molar-refractivity contribution >= 4 is 15.7 Å². The predicted octanol–water partition coefficient (Wildman–Crippen LogP) is 1.18. The molecule has 5 heteroatoms. The van der Waals surface area contributed by atoms with E-state index in [0.717, 1.165) is 19.3 Å². The van der Waals surface area contributed by atoms with E-state index in [1.54, 1.807) is 23.1 Å². The third kappa shape index (κ3) is 1.92. The van der Waals surface area contributed by atoms with Crippen LogP contribution in [-0.4, -0.2) is 38.6 Å². The Bertz CT molecular complexity index is 598. The first-order valence-corrected chi connectivity index (χ1v) is 7.94. The van der Waals surface area contributed by atoms with Crippen LogP contribution in [0.15, 0.2) is 29.2 Å². The van der Waals surface area contributed by atoms with E-state index in [1.807, 2.05) is 0 Å². The number of hydrogen-bond acceptors (Lipinski definition) is 3. The Morgan fingerprint density at radius 1 is 1.22 bits per heavy atom. The summed E-state index contributed by atoms with van der Waals surface area (Å²) in [5.41, 5.74) is 0.307. The molecule has 3 rings (SSSR count). The Balaban J connectivity index is 1.94. The zero-order valence-corrected chi connectivity index (χ0v) is 11.0. The maximum Gasteiger partial charge on any atom is 0.255 e. The monoisotopic (exact) mass is 265 g/mol. The molecule has 1 saturated carbocycles. The number of carbonyl (C=O) groups excluding carboxylic acids is 1. The van der Waals surface area contributed by atoms with Crippen LogP contribution in [0.25, 0.3) is 0 Å². The SMILES string of the molecule is CS(=O)(=O)c1ccccc1C(=O)N1CC2CC2C1. The van der Waals surface area contributed by atoms with E-state index < -0.39 is 9.84 Å². The van der Waals surface area contributed by atoms with E-state index in [0.29, 0.717) is 17.4 Å². The van der Waals surface area contributed by atoms with Gasteiger partial charge in [-0.25, -0.2) is 8.42 Å². The molecule has 0 radical (unpaired) electrons. The molecule has 0 bridgehead atoms. The molecule has 1 heterocycles. The molecule has 18 heavy (non-hydrogen) atoms. The van der Waals surface area contributed by atoms with E-state index in [-0.39, 0.29) is 10.8 Å². The molecular weight excluding hydrogens is 250 g/mol. The number of carbonyl (C=O) groups is 1. The van der Waals surface area contributed by atoms with Crippen LogP contribution in [0, 0.1) is 11.8 Å². The highest BCUT2D eigenvalue weighted by Crippen LogP contribution is 2.45. The van der Waals surface area contributed by atoms with Gasteiger partial charge in [-0.15, -0.1) is 0 Å². The Labute approximate surface area is 107 Å². The first-order valence-electron chi connectivity index (χ1n) is 6.05. The quantitative estimate of drug-likeness (QED) is 0.807. The van der Waals surface area contributed by atoms with E-state index in [1.165, 1.54) is 12.5 Å². The molecule has 1 aromatic rings. The van der Waals surface area contributed by atoms with Crippen molar-refractivity contribution in [1.29, 1.82) is 0 Å². The summed E-state index contributed by atoms with van der Waals surface area (Å²) >= 11 is 0. The summed E-state index contributed by atoms with van der Waals surface area (Å²) in [7, 11) is -3.36. The van der Waals surface area contributed by atoms with Crippen molar-refractivity contribution in [2.45, 2.75) is 11.3 Å². The fraction of sp³-hybridized carbons (Fsp3) is 0.462. The summed E-state index contributed by atoms with van der Waals surface area (Å²) in [5.74, 6) is 1.15. The number of nitrogens with zero attached hydrogens (tertiary/aromatic N) is 1. The topological polar surface area (TPSA) is 54.5 Å². The van der Waals surface area contributed by atoms with Crippen LogP contribution < -0.4 is 0 Å². The number of benzene rings is 1. The fourth-order valence-corrected chi connectivity index (χ4v) is 3.58. The van der Waals surface area contributed by atoms with Crippen molar-refractivity contribution in [2.75, 3.05) is 19.3 Å². The second-order valence-corrected chi connectivity index (χ2v) is 7.22. The Kier molecular flexibility index (Phi) is 2.48. The molecule has 1 saturated heterocycles. The Hall–Kier alpha value is -1.36. The first-order chi connectivity index (χ1) is 8.47. The van der Waals surface area contributed by atoms with Crippen LogP contribution in [0.5, 0.6) is 0 Å². The van der Waals surface area contributed by atoms with Gasteiger partial charge in [-0.3, -0.25) is 4.79 Å². The maximum atomic E-state index is 12.3. The molecule has 4 nitrogen and oxygen atoms in total. The highest BCUT2D eigenvalue weighted by Gasteiger charge is 2.46. The van der Waals surface area contributed by atoms with Gasteiger partial charge in [-0.1, -0.05) is 12.1 Å². The summed E-state index contributed by atoms with van der Waals surface area (Å²) < 4.78 is 23.4. The van der Waals surface area contributed by atoms with Crippen molar-refractivity contribution in [3.05, 3.63) is 29.8 Å². The first kappa shape index (κ1) is 11.7. The van der Waals surface area contributed by atoms with E-state index in [4.69, 9.17) is 0 Å². The molecule has 96 valence electrons. The summed E-state index contributed by atoms with van der Waals surface area (Å²) in [6.45, 7) is 1.56. The fourth-order valence-electron chi connectivity index (χ4n) is 2.70. The Morgan fingerprint density at radius 3 is 2.44 bits per heavy atom. The number of fused-ring (bicyclic) bond motifs is 1. The van der Waals surface area contributed by atoms with Crippen LogP contribution in [0.1, 0.15) is 16.8 Å². The van der Waals surface area contributed by atoms with Crippen molar-refractivity contribution < 1.29 is 13.2 Å². The number of amides is 1. The molecule has 2 aliphatic rings. The van der Waals surface area contributed by atoms with Crippen LogP contribution in [0.4, 0.5) is 0 Å². The minimum absolute atomic E-state index is 0.135. The molecule has 1 aromatic carbocycles. The lowest BCUT2D eigenvalue weighted by Gasteiger charge is -2.19. The van der Waals surface area contributed by atoms with Crippen molar-refractivity contribution in [2.24, 2.45) is 11.8 Å². The lowest BCUT2D eigenvalue weighted by atomic mass is 10.2. The molecule has 2 unspecified atom stereocenters. The van der Waals surface area contributed by atoms with Crippen LogP contribution >= 0.6 is 0 Å². The van der Waals surface area contributed by atoms with E-state index in [9.17, 15) is 13.2 Å². The average Bonchev–Trinajstić information content (AvgIpc) is 2.94. The summed E-state index contributed by atoms with van der Waals surface area (Å²) in [4.78, 5) is 14.3. The van der Waals surface area contributed by atoms with Gasteiger partial charge in [-0.05, 0) is 30.4 Å². The van der Waals surface area contributed by atoms with Gasteiger partial charge in [-0.2, -0.15) is 0 Å². The number of sulfone groups is 1. The highest BCUT2D eigenvalue weighted by molar-refractivity contribution is 7.90. The number of hydrogen-bond donors (Lipinski definition) is 0. The molecule has 1 amide bonds. The smallest absolute Gasteiger partial charge is 0.255 e. The second kappa shape index (κ2) is 3.82. The molecule has 1 aliphatic heterocycles. The van der Waals surface area contributed by atoms with E-state index in [2.05, 4.69) is 0 Å². The third-order valence-electron chi connectivity index (χ3n) is 3.78. The van der Waals surface area contributed by atoms with Crippen molar-refractivity contribution in [3.8, 4) is 0 Å².